The maximum absolute atomic E-state index is 11.9. The molecule has 4 rings (SSSR count). The van der Waals surface area contributed by atoms with E-state index in [-0.39, 0.29) is 12.5 Å². The summed E-state index contributed by atoms with van der Waals surface area (Å²) in [6.45, 7) is 0.0287. The second-order valence-electron chi connectivity index (χ2n) is 5.43. The molecule has 1 aliphatic heterocycles. The topological polar surface area (TPSA) is 78.1 Å². The molecule has 2 N–H and O–H groups in total. The molecule has 0 bridgehead atoms. The van der Waals surface area contributed by atoms with Gasteiger partial charge in [-0.2, -0.15) is 5.10 Å². The van der Waals surface area contributed by atoms with Gasteiger partial charge < -0.3 is 5.32 Å². The standard InChI is InChI=1S/C18H14N4O2/c23-17-11-19-18(24)22(17)16-8-4-1-5-12(16)9-10-15-13-6-2-3-7-14(13)20-21-15/h1-10H,11H2,(H,19,24)(H,20,21). The van der Waals surface area contributed by atoms with E-state index in [0.717, 1.165) is 22.2 Å². The number of aromatic nitrogens is 2. The number of hydrogen-bond acceptors (Lipinski definition) is 3. The second-order valence-corrected chi connectivity index (χ2v) is 5.43. The molecule has 0 radical (unpaired) electrons. The van der Waals surface area contributed by atoms with Crippen LogP contribution in [0.15, 0.2) is 48.5 Å². The number of para-hydroxylation sites is 2. The molecule has 1 aliphatic rings. The molecule has 24 heavy (non-hydrogen) atoms. The molecule has 6 nitrogen and oxygen atoms in total. The molecule has 0 saturated carbocycles. The smallest absolute Gasteiger partial charge is 0.328 e. The summed E-state index contributed by atoms with van der Waals surface area (Å²) in [5.41, 5.74) is 3.10. The Morgan fingerprint density at radius 3 is 2.62 bits per heavy atom. The van der Waals surface area contributed by atoms with Gasteiger partial charge in [0.25, 0.3) is 5.91 Å². The maximum atomic E-state index is 11.9. The first kappa shape index (κ1) is 14.2. The summed E-state index contributed by atoms with van der Waals surface area (Å²) >= 11 is 0. The van der Waals surface area contributed by atoms with Crippen LogP contribution in [0.3, 0.4) is 0 Å². The van der Waals surface area contributed by atoms with Crippen LogP contribution in [0.25, 0.3) is 23.1 Å². The third-order valence-electron chi connectivity index (χ3n) is 3.94. The monoisotopic (exact) mass is 318 g/mol. The van der Waals surface area contributed by atoms with Gasteiger partial charge in [-0.3, -0.25) is 9.89 Å². The van der Waals surface area contributed by atoms with E-state index in [9.17, 15) is 9.59 Å². The van der Waals surface area contributed by atoms with Gasteiger partial charge in [-0.05, 0) is 23.8 Å². The summed E-state index contributed by atoms with van der Waals surface area (Å²) in [6.07, 6.45) is 3.73. The minimum absolute atomic E-state index is 0.0287. The first-order valence-electron chi connectivity index (χ1n) is 7.55. The van der Waals surface area contributed by atoms with Crippen molar-refractivity contribution in [3.05, 3.63) is 59.8 Å². The highest BCUT2D eigenvalue weighted by atomic mass is 16.2. The number of amides is 3. The fraction of sp³-hybridized carbons (Fsp3) is 0.0556. The number of aromatic amines is 1. The van der Waals surface area contributed by atoms with Gasteiger partial charge in [0.05, 0.1) is 23.4 Å². The van der Waals surface area contributed by atoms with Gasteiger partial charge in [0, 0.05) is 5.39 Å². The van der Waals surface area contributed by atoms with Gasteiger partial charge in [-0.1, -0.05) is 42.5 Å². The number of anilines is 1. The highest BCUT2D eigenvalue weighted by molar-refractivity contribution is 6.20. The highest BCUT2D eigenvalue weighted by Gasteiger charge is 2.30. The van der Waals surface area contributed by atoms with Crippen molar-refractivity contribution >= 4 is 40.7 Å². The van der Waals surface area contributed by atoms with E-state index in [0.29, 0.717) is 5.69 Å². The molecular weight excluding hydrogens is 304 g/mol. The Kier molecular flexibility index (Phi) is 3.35. The van der Waals surface area contributed by atoms with Gasteiger partial charge in [-0.25, -0.2) is 9.69 Å². The molecule has 1 saturated heterocycles. The Morgan fingerprint density at radius 1 is 1.00 bits per heavy atom. The minimum atomic E-state index is -0.397. The Morgan fingerprint density at radius 2 is 1.79 bits per heavy atom. The number of rotatable bonds is 3. The van der Waals surface area contributed by atoms with Crippen molar-refractivity contribution in [2.24, 2.45) is 0 Å². The van der Waals surface area contributed by atoms with Gasteiger partial charge in [0.2, 0.25) is 0 Å². The average Bonchev–Trinajstić information content (AvgIpc) is 3.17. The van der Waals surface area contributed by atoms with Crippen LogP contribution in [0.5, 0.6) is 0 Å². The number of nitrogens with one attached hydrogen (secondary N) is 2. The summed E-state index contributed by atoms with van der Waals surface area (Å²) in [7, 11) is 0. The summed E-state index contributed by atoms with van der Waals surface area (Å²) < 4.78 is 0. The fourth-order valence-corrected chi connectivity index (χ4v) is 2.78. The number of fused-ring (bicyclic) bond motifs is 1. The predicted octanol–water partition coefficient (Wildman–Crippen LogP) is 2.79. The largest absolute Gasteiger partial charge is 0.329 e. The number of imide groups is 1. The summed E-state index contributed by atoms with van der Waals surface area (Å²) in [4.78, 5) is 25.0. The summed E-state index contributed by atoms with van der Waals surface area (Å²) in [6, 6.07) is 14.7. The van der Waals surface area contributed by atoms with E-state index in [4.69, 9.17) is 0 Å². The number of hydrogen-bond donors (Lipinski definition) is 2. The number of carbonyl (C=O) groups is 2. The summed E-state index contributed by atoms with van der Waals surface area (Å²) in [5, 5.41) is 10.8. The second kappa shape index (κ2) is 5.66. The average molecular weight is 318 g/mol. The Labute approximate surface area is 137 Å². The quantitative estimate of drug-likeness (QED) is 0.729. The lowest BCUT2D eigenvalue weighted by atomic mass is 10.1. The van der Waals surface area contributed by atoms with Gasteiger partial charge in [0.15, 0.2) is 0 Å². The van der Waals surface area contributed by atoms with Crippen molar-refractivity contribution < 1.29 is 9.59 Å². The Hall–Kier alpha value is -3.41. The number of carbonyl (C=O) groups excluding carboxylic acids is 2. The molecule has 0 unspecified atom stereocenters. The lowest BCUT2D eigenvalue weighted by Gasteiger charge is -2.15. The van der Waals surface area contributed by atoms with Gasteiger partial charge >= 0.3 is 6.03 Å². The van der Waals surface area contributed by atoms with Crippen LogP contribution in [0.4, 0.5) is 10.5 Å². The van der Waals surface area contributed by atoms with Crippen LogP contribution in [0.2, 0.25) is 0 Å². The van der Waals surface area contributed by atoms with Crippen LogP contribution < -0.4 is 10.2 Å². The van der Waals surface area contributed by atoms with E-state index in [1.807, 2.05) is 48.6 Å². The normalized spacial score (nSPS) is 14.8. The molecule has 2 aromatic carbocycles. The van der Waals surface area contributed by atoms with Crippen LogP contribution in [-0.2, 0) is 4.79 Å². The number of benzene rings is 2. The highest BCUT2D eigenvalue weighted by Crippen LogP contribution is 2.25. The molecule has 2 heterocycles. The first-order valence-corrected chi connectivity index (χ1v) is 7.55. The lowest BCUT2D eigenvalue weighted by molar-refractivity contribution is -0.115. The van der Waals surface area contributed by atoms with Crippen LogP contribution >= 0.6 is 0 Å². The zero-order valence-electron chi connectivity index (χ0n) is 12.7. The molecule has 0 aliphatic carbocycles. The van der Waals surface area contributed by atoms with E-state index >= 15 is 0 Å². The molecule has 1 aromatic heterocycles. The van der Waals surface area contributed by atoms with Crippen molar-refractivity contribution in [2.45, 2.75) is 0 Å². The van der Waals surface area contributed by atoms with E-state index < -0.39 is 6.03 Å². The minimum Gasteiger partial charge on any atom is -0.328 e. The molecule has 118 valence electrons. The number of H-pyrrole nitrogens is 1. The third kappa shape index (κ3) is 2.34. The van der Waals surface area contributed by atoms with E-state index in [1.54, 1.807) is 12.1 Å². The first-order chi connectivity index (χ1) is 11.7. The molecule has 0 spiro atoms. The molecule has 0 atom stereocenters. The zero-order chi connectivity index (χ0) is 16.5. The van der Waals surface area contributed by atoms with Crippen molar-refractivity contribution in [3.63, 3.8) is 0 Å². The lowest BCUT2D eigenvalue weighted by Crippen LogP contribution is -2.31. The van der Waals surface area contributed by atoms with E-state index in [1.165, 1.54) is 4.90 Å². The maximum Gasteiger partial charge on any atom is 0.329 e. The zero-order valence-corrected chi connectivity index (χ0v) is 12.7. The van der Waals surface area contributed by atoms with E-state index in [2.05, 4.69) is 15.5 Å². The predicted molar refractivity (Wildman–Crippen MR) is 92.3 cm³/mol. The Balaban J connectivity index is 1.73. The SMILES string of the molecule is O=C1CNC(=O)N1c1ccccc1C=Cc1n[nH]c2ccccc12. The van der Waals surface area contributed by atoms with Crippen molar-refractivity contribution in [2.75, 3.05) is 11.4 Å². The van der Waals surface area contributed by atoms with Crippen LogP contribution in [0, 0.1) is 0 Å². The van der Waals surface area contributed by atoms with Crippen LogP contribution in [0.1, 0.15) is 11.3 Å². The van der Waals surface area contributed by atoms with Crippen molar-refractivity contribution in [1.82, 2.24) is 15.5 Å². The number of nitrogens with zero attached hydrogens (tertiary/aromatic N) is 2. The third-order valence-corrected chi connectivity index (χ3v) is 3.94. The van der Waals surface area contributed by atoms with Crippen LogP contribution in [-0.4, -0.2) is 28.7 Å². The Bertz CT molecular complexity index is 958. The van der Waals surface area contributed by atoms with Gasteiger partial charge in [-0.15, -0.1) is 0 Å². The molecule has 3 amide bonds. The molecule has 3 aromatic rings. The van der Waals surface area contributed by atoms with Crippen molar-refractivity contribution in [3.8, 4) is 0 Å². The van der Waals surface area contributed by atoms with Crippen molar-refractivity contribution in [1.29, 1.82) is 0 Å². The summed E-state index contributed by atoms with van der Waals surface area (Å²) in [5.74, 6) is -0.258. The van der Waals surface area contributed by atoms with Gasteiger partial charge in [0.1, 0.15) is 0 Å². The fourth-order valence-electron chi connectivity index (χ4n) is 2.78. The number of urea groups is 1. The molecule has 1 fully saturated rings. The molecule has 6 heteroatoms. The molecular formula is C18H14N4O2.